The van der Waals surface area contributed by atoms with Gasteiger partial charge in [-0.15, -0.1) is 11.3 Å². The first kappa shape index (κ1) is 45.2. The minimum absolute atomic E-state index is 0.0392. The van der Waals surface area contributed by atoms with Crippen LogP contribution in [0.15, 0.2) is 31.0 Å². The summed E-state index contributed by atoms with van der Waals surface area (Å²) in [7, 11) is -6.92. The molecule has 1 saturated heterocycles. The molecule has 2 aliphatic heterocycles. The fourth-order valence-electron chi connectivity index (χ4n) is 5.31. The second-order valence-corrected chi connectivity index (χ2v) is 18.2. The van der Waals surface area contributed by atoms with E-state index >= 15 is 0 Å². The quantitative estimate of drug-likeness (QED) is 0.0437. The third-order valence-electron chi connectivity index (χ3n) is 7.94. The SMILES string of the molecule is CCN(C(=O)COC(=O)/C=C/C(=O)O[C@@H](CNC(C)(C)C)COC(=N)/C(=N\S)N1CCOCC1)[C@H]1CN(CCCOC)S(=O)(=O)c2sc(S(N)(=O)=O)cc21. The van der Waals surface area contributed by atoms with Crippen molar-refractivity contribution in [2.45, 2.75) is 60.2 Å². The minimum atomic E-state index is -4.27. The maximum absolute atomic E-state index is 13.4. The number of likely N-dealkylation sites (N-methyl/N-ethyl adjacent to an activating group) is 1. The number of rotatable bonds is 16. The Morgan fingerprint density at radius 1 is 1.22 bits per heavy atom. The fourth-order valence-corrected chi connectivity index (χ4v) is 9.81. The monoisotopic (exact) mass is 839 g/mol. The molecule has 1 fully saturated rings. The van der Waals surface area contributed by atoms with E-state index in [9.17, 15) is 31.2 Å². The standard InChI is InChI=1S/C31H49N7O12S4/c1-6-38(23-18-37(10-7-13-46-5)54(44,45)30-22(23)16-27(52-30)53(33,42)43)24(39)20-48-25(40)8-9-26(41)50-21(17-34-31(2,3)4)19-49-28(32)29(35-51)36-11-14-47-15-12-36/h8-9,16,21,23,32,34,51H,6-7,10-15,17-20H2,1-5H3,(H2,33,42,43)/b9-8+,32-28?,35-29+/t21-,23-/m0/s1. The lowest BCUT2D eigenvalue weighted by atomic mass is 10.1. The molecule has 54 heavy (non-hydrogen) atoms. The molecular weight excluding hydrogens is 791 g/mol. The molecule has 0 unspecified atom stereocenters. The van der Waals surface area contributed by atoms with E-state index in [1.54, 1.807) is 11.8 Å². The van der Waals surface area contributed by atoms with Crippen LogP contribution in [-0.2, 0) is 58.1 Å². The van der Waals surface area contributed by atoms with Crippen LogP contribution in [0.4, 0.5) is 0 Å². The van der Waals surface area contributed by atoms with E-state index in [2.05, 4.69) is 22.5 Å². The zero-order valence-electron chi connectivity index (χ0n) is 30.8. The first-order chi connectivity index (χ1) is 25.3. The minimum Gasteiger partial charge on any atom is -0.471 e. The van der Waals surface area contributed by atoms with Crippen LogP contribution in [0, 0.1) is 5.41 Å². The molecule has 1 aromatic rings. The number of amides is 1. The summed E-state index contributed by atoms with van der Waals surface area (Å²) in [6.07, 6.45) is 1.05. The van der Waals surface area contributed by atoms with Gasteiger partial charge in [0.05, 0.1) is 19.3 Å². The van der Waals surface area contributed by atoms with E-state index in [0.717, 1.165) is 22.5 Å². The number of methoxy groups -OCH3 is 1. The predicted molar refractivity (Wildman–Crippen MR) is 201 cm³/mol. The average Bonchev–Trinajstić information content (AvgIpc) is 3.58. The Kier molecular flexibility index (Phi) is 16.9. The van der Waals surface area contributed by atoms with Crippen LogP contribution < -0.4 is 10.5 Å². The topological polar surface area (TPSA) is 250 Å². The first-order valence-electron chi connectivity index (χ1n) is 16.8. The van der Waals surface area contributed by atoms with Crippen molar-refractivity contribution in [3.05, 3.63) is 23.8 Å². The van der Waals surface area contributed by atoms with Crippen molar-refractivity contribution in [1.82, 2.24) is 19.4 Å². The van der Waals surface area contributed by atoms with E-state index in [-0.39, 0.29) is 70.6 Å². The third-order valence-corrected chi connectivity index (χ3v) is 13.1. The van der Waals surface area contributed by atoms with Crippen LogP contribution in [0.25, 0.3) is 0 Å². The number of hydrogen-bond donors (Lipinski definition) is 4. The number of thiol groups is 1. The molecule has 0 saturated carbocycles. The molecule has 0 spiro atoms. The summed E-state index contributed by atoms with van der Waals surface area (Å²) in [5.41, 5.74) is -0.271. The van der Waals surface area contributed by atoms with Gasteiger partial charge in [0.2, 0.25) is 10.0 Å². The number of carbonyl (C=O) groups is 3. The second kappa shape index (κ2) is 20.1. The number of nitrogens with two attached hydrogens (primary N) is 1. The van der Waals surface area contributed by atoms with Crippen molar-refractivity contribution < 1.29 is 54.9 Å². The summed E-state index contributed by atoms with van der Waals surface area (Å²) in [5.74, 6) is -2.74. The number of primary sulfonamides is 1. The van der Waals surface area contributed by atoms with E-state index in [0.29, 0.717) is 44.1 Å². The molecule has 3 heterocycles. The lowest BCUT2D eigenvalue weighted by molar-refractivity contribution is -0.150. The summed E-state index contributed by atoms with van der Waals surface area (Å²) in [5, 5.41) is 16.9. The van der Waals surface area contributed by atoms with Crippen molar-refractivity contribution in [3.63, 3.8) is 0 Å². The Hall–Kier alpha value is -3.16. The van der Waals surface area contributed by atoms with Gasteiger partial charge in [0, 0.05) is 76.2 Å². The van der Waals surface area contributed by atoms with Crippen LogP contribution in [0.5, 0.6) is 0 Å². The lowest BCUT2D eigenvalue weighted by Crippen LogP contribution is -2.48. The molecule has 4 N–H and O–H groups in total. The van der Waals surface area contributed by atoms with Gasteiger partial charge in [0.25, 0.3) is 21.8 Å². The van der Waals surface area contributed by atoms with Crippen molar-refractivity contribution in [2.24, 2.45) is 9.54 Å². The number of morpholine rings is 1. The summed E-state index contributed by atoms with van der Waals surface area (Å²) >= 11 is 4.47. The maximum atomic E-state index is 13.4. The fraction of sp³-hybridized carbons (Fsp3) is 0.645. The number of carbonyl (C=O) groups excluding carboxylic acids is 3. The number of ether oxygens (including phenoxy) is 5. The Bertz CT molecular complexity index is 1770. The number of amidine groups is 1. The van der Waals surface area contributed by atoms with E-state index in [1.165, 1.54) is 12.0 Å². The summed E-state index contributed by atoms with van der Waals surface area (Å²) in [6.45, 7) is 8.57. The molecule has 2 atom stereocenters. The predicted octanol–water partition coefficient (Wildman–Crippen LogP) is 0.295. The van der Waals surface area contributed by atoms with Crippen LogP contribution in [0.3, 0.4) is 0 Å². The van der Waals surface area contributed by atoms with E-state index in [4.69, 9.17) is 34.2 Å². The maximum Gasteiger partial charge on any atom is 0.331 e. The summed E-state index contributed by atoms with van der Waals surface area (Å²) in [6, 6.07) is 0.223. The van der Waals surface area contributed by atoms with Crippen molar-refractivity contribution in [2.75, 3.05) is 79.4 Å². The zero-order chi connectivity index (χ0) is 40.3. The first-order valence-corrected chi connectivity index (χ1v) is 21.0. The molecule has 3 rings (SSSR count). The normalized spacial score (nSPS) is 18.5. The number of esters is 2. The smallest absolute Gasteiger partial charge is 0.331 e. The summed E-state index contributed by atoms with van der Waals surface area (Å²) < 4.78 is 82.1. The van der Waals surface area contributed by atoms with Crippen molar-refractivity contribution in [1.29, 1.82) is 5.41 Å². The Morgan fingerprint density at radius 2 is 1.89 bits per heavy atom. The van der Waals surface area contributed by atoms with E-state index in [1.807, 2.05) is 20.8 Å². The third kappa shape index (κ3) is 13.0. The molecule has 19 nitrogen and oxygen atoms in total. The largest absolute Gasteiger partial charge is 0.471 e. The second-order valence-electron chi connectivity index (χ2n) is 13.1. The highest BCUT2D eigenvalue weighted by Gasteiger charge is 2.43. The number of nitrogens with one attached hydrogen (secondary N) is 2. The Labute approximate surface area is 325 Å². The van der Waals surface area contributed by atoms with Gasteiger partial charge in [-0.3, -0.25) is 10.2 Å². The number of sulfonamides is 2. The molecule has 23 heteroatoms. The Morgan fingerprint density at radius 3 is 2.48 bits per heavy atom. The van der Waals surface area contributed by atoms with Gasteiger partial charge in [0.1, 0.15) is 21.1 Å². The average molecular weight is 840 g/mol. The molecule has 0 bridgehead atoms. The van der Waals surface area contributed by atoms with Crippen molar-refractivity contribution >= 4 is 73.8 Å². The van der Waals surface area contributed by atoms with Gasteiger partial charge in [-0.25, -0.2) is 31.6 Å². The molecule has 2 aliphatic rings. The van der Waals surface area contributed by atoms with Crippen LogP contribution in [0.2, 0.25) is 0 Å². The highest BCUT2D eigenvalue weighted by atomic mass is 32.3. The molecule has 0 aliphatic carbocycles. The van der Waals surface area contributed by atoms with E-state index < -0.39 is 56.6 Å². The number of thiophene rings is 1. The van der Waals surface area contributed by atoms with Gasteiger partial charge in [-0.1, -0.05) is 0 Å². The highest BCUT2D eigenvalue weighted by molar-refractivity contribution is 7.94. The summed E-state index contributed by atoms with van der Waals surface area (Å²) in [4.78, 5) is 41.8. The van der Waals surface area contributed by atoms with Crippen LogP contribution >= 0.6 is 24.2 Å². The molecule has 0 radical (unpaired) electrons. The number of nitrogens with zero attached hydrogens (tertiary/aromatic N) is 4. The van der Waals surface area contributed by atoms with Gasteiger partial charge in [0.15, 0.2) is 12.4 Å². The van der Waals surface area contributed by atoms with Gasteiger partial charge < -0.3 is 38.8 Å². The molecule has 1 amide bonds. The van der Waals surface area contributed by atoms with Gasteiger partial charge >= 0.3 is 11.9 Å². The number of hydrogen-bond acceptors (Lipinski definition) is 17. The Balaban J connectivity index is 1.66. The molecule has 1 aromatic heterocycles. The molecule has 0 aromatic carbocycles. The lowest BCUT2D eigenvalue weighted by Gasteiger charge is -2.38. The van der Waals surface area contributed by atoms with Crippen molar-refractivity contribution in [3.8, 4) is 0 Å². The highest BCUT2D eigenvalue weighted by Crippen LogP contribution is 2.42. The van der Waals surface area contributed by atoms with Gasteiger partial charge in [-0.2, -0.15) is 8.70 Å². The number of fused-ring (bicyclic) bond motifs is 1. The molecular formula is C31H49N7O12S4. The van der Waals surface area contributed by atoms with Crippen LogP contribution in [-0.4, -0.2) is 152 Å². The zero-order valence-corrected chi connectivity index (χ0v) is 34.2. The van der Waals surface area contributed by atoms with Gasteiger partial charge in [-0.05, 0) is 53.0 Å². The molecule has 304 valence electrons. The van der Waals surface area contributed by atoms with Crippen LogP contribution in [0.1, 0.15) is 45.7 Å².